The van der Waals surface area contributed by atoms with Crippen molar-refractivity contribution in [2.24, 2.45) is 0 Å². The van der Waals surface area contributed by atoms with Gasteiger partial charge in [0.15, 0.2) is 0 Å². The summed E-state index contributed by atoms with van der Waals surface area (Å²) in [5.41, 5.74) is 4.23. The number of hydrogen-bond acceptors (Lipinski definition) is 2. The maximum atomic E-state index is 10.5. The first kappa shape index (κ1) is 11.2. The van der Waals surface area contributed by atoms with E-state index in [-0.39, 0.29) is 0 Å². The molecule has 1 aliphatic rings. The van der Waals surface area contributed by atoms with Gasteiger partial charge in [0.25, 0.3) is 0 Å². The van der Waals surface area contributed by atoms with Crippen molar-refractivity contribution in [3.05, 3.63) is 71.3 Å². The zero-order valence-corrected chi connectivity index (χ0v) is 10.7. The summed E-state index contributed by atoms with van der Waals surface area (Å²) in [5.74, 6) is 0. The fraction of sp³-hybridized carbons (Fsp3) is 0.0556. The van der Waals surface area contributed by atoms with Crippen LogP contribution in [-0.4, -0.2) is 5.11 Å². The van der Waals surface area contributed by atoms with E-state index < -0.39 is 6.10 Å². The second-order valence-corrected chi connectivity index (χ2v) is 5.04. The lowest BCUT2D eigenvalue weighted by atomic mass is 9.94. The predicted octanol–water partition coefficient (Wildman–Crippen LogP) is 3.77. The second kappa shape index (κ2) is 3.93. The Hall–Kier alpha value is -2.63. The fourth-order valence-corrected chi connectivity index (χ4v) is 3.12. The molecule has 1 unspecified atom stereocenters. The van der Waals surface area contributed by atoms with Crippen molar-refractivity contribution < 1.29 is 5.11 Å². The van der Waals surface area contributed by atoms with Gasteiger partial charge in [0, 0.05) is 10.9 Å². The molecular weight excluding hydrogens is 246 g/mol. The van der Waals surface area contributed by atoms with Gasteiger partial charge in [-0.15, -0.1) is 0 Å². The first-order valence-corrected chi connectivity index (χ1v) is 6.54. The zero-order valence-electron chi connectivity index (χ0n) is 10.7. The highest BCUT2D eigenvalue weighted by molar-refractivity contribution is 5.98. The molecule has 0 aromatic heterocycles. The molecule has 0 saturated heterocycles. The average molecular weight is 257 g/mol. The molecule has 3 aromatic carbocycles. The summed E-state index contributed by atoms with van der Waals surface area (Å²) in [6.45, 7) is 0. The first-order chi connectivity index (χ1) is 9.81. The molecule has 1 aliphatic carbocycles. The van der Waals surface area contributed by atoms with E-state index in [4.69, 9.17) is 0 Å². The van der Waals surface area contributed by atoms with Gasteiger partial charge in [-0.25, -0.2) is 0 Å². The van der Waals surface area contributed by atoms with Crippen LogP contribution in [0.15, 0.2) is 54.6 Å². The number of hydrogen-bond donors (Lipinski definition) is 1. The maximum Gasteiger partial charge on any atom is 0.105 e. The van der Waals surface area contributed by atoms with Gasteiger partial charge in [0.2, 0.25) is 0 Å². The van der Waals surface area contributed by atoms with Gasteiger partial charge in [-0.1, -0.05) is 48.5 Å². The summed E-state index contributed by atoms with van der Waals surface area (Å²) < 4.78 is 0. The summed E-state index contributed by atoms with van der Waals surface area (Å²) in [5, 5.41) is 22.0. The van der Waals surface area contributed by atoms with Gasteiger partial charge in [-0.05, 0) is 28.1 Å². The molecular formula is C18H11NO. The normalized spacial score (nSPS) is 15.7. The molecule has 20 heavy (non-hydrogen) atoms. The summed E-state index contributed by atoms with van der Waals surface area (Å²) in [7, 11) is 0. The van der Waals surface area contributed by atoms with Crippen molar-refractivity contribution in [3.8, 4) is 17.2 Å². The van der Waals surface area contributed by atoms with Crippen LogP contribution >= 0.6 is 0 Å². The van der Waals surface area contributed by atoms with Crippen LogP contribution in [0.4, 0.5) is 0 Å². The average Bonchev–Trinajstić information content (AvgIpc) is 2.79. The number of fused-ring (bicyclic) bond motifs is 4. The third-order valence-electron chi connectivity index (χ3n) is 4.01. The topological polar surface area (TPSA) is 44.0 Å². The largest absolute Gasteiger partial charge is 0.384 e. The fourth-order valence-electron chi connectivity index (χ4n) is 3.12. The number of rotatable bonds is 0. The molecule has 2 nitrogen and oxygen atoms in total. The standard InChI is InChI=1S/C18H11NO/c19-10-16-12-6-2-1-5-11(12)9-15-17(16)13-7-3-4-8-14(13)18(15)20/h1-9,18,20H. The van der Waals surface area contributed by atoms with Crippen molar-refractivity contribution in [1.82, 2.24) is 0 Å². The Morgan fingerprint density at radius 1 is 0.950 bits per heavy atom. The van der Waals surface area contributed by atoms with Crippen molar-refractivity contribution >= 4 is 10.8 Å². The molecule has 94 valence electrons. The lowest BCUT2D eigenvalue weighted by molar-refractivity contribution is 0.225. The minimum absolute atomic E-state index is 0.641. The predicted molar refractivity (Wildman–Crippen MR) is 78.2 cm³/mol. The molecule has 0 bridgehead atoms. The molecule has 0 amide bonds. The van der Waals surface area contributed by atoms with Gasteiger partial charge >= 0.3 is 0 Å². The van der Waals surface area contributed by atoms with E-state index >= 15 is 0 Å². The SMILES string of the molecule is N#Cc1c2c(cc3ccccc13)C(O)c1ccccc1-2. The van der Waals surface area contributed by atoms with E-state index in [0.29, 0.717) is 5.56 Å². The molecule has 0 saturated carbocycles. The van der Waals surface area contributed by atoms with Gasteiger partial charge in [0.1, 0.15) is 12.2 Å². The van der Waals surface area contributed by atoms with E-state index in [9.17, 15) is 10.4 Å². The van der Waals surface area contributed by atoms with Gasteiger partial charge < -0.3 is 5.11 Å². The molecule has 0 fully saturated rings. The van der Waals surface area contributed by atoms with E-state index in [0.717, 1.165) is 33.0 Å². The van der Waals surface area contributed by atoms with E-state index in [1.165, 1.54) is 0 Å². The highest BCUT2D eigenvalue weighted by Crippen LogP contribution is 2.47. The minimum atomic E-state index is -0.641. The Labute approximate surface area is 116 Å². The Morgan fingerprint density at radius 2 is 1.70 bits per heavy atom. The Morgan fingerprint density at radius 3 is 2.55 bits per heavy atom. The third kappa shape index (κ3) is 1.30. The van der Waals surface area contributed by atoms with E-state index in [1.54, 1.807) is 0 Å². The number of aliphatic hydroxyl groups excluding tert-OH is 1. The van der Waals surface area contributed by atoms with Gasteiger partial charge in [-0.3, -0.25) is 0 Å². The highest BCUT2D eigenvalue weighted by Gasteiger charge is 2.30. The summed E-state index contributed by atoms with van der Waals surface area (Å²) >= 11 is 0. The third-order valence-corrected chi connectivity index (χ3v) is 4.01. The molecule has 0 heterocycles. The summed E-state index contributed by atoms with van der Waals surface area (Å²) in [6, 6.07) is 19.9. The zero-order chi connectivity index (χ0) is 13.7. The molecule has 0 spiro atoms. The summed E-state index contributed by atoms with van der Waals surface area (Å²) in [4.78, 5) is 0. The van der Waals surface area contributed by atoms with Crippen LogP contribution in [0.25, 0.3) is 21.9 Å². The lowest BCUT2D eigenvalue weighted by Crippen LogP contribution is -1.94. The highest BCUT2D eigenvalue weighted by atomic mass is 16.3. The number of aliphatic hydroxyl groups is 1. The lowest BCUT2D eigenvalue weighted by Gasteiger charge is -2.09. The first-order valence-electron chi connectivity index (χ1n) is 6.54. The smallest absolute Gasteiger partial charge is 0.105 e. The van der Waals surface area contributed by atoms with Crippen molar-refractivity contribution in [2.75, 3.05) is 0 Å². The quantitative estimate of drug-likeness (QED) is 0.666. The molecule has 1 N–H and O–H groups in total. The Balaban J connectivity index is 2.21. The van der Waals surface area contributed by atoms with Crippen LogP contribution in [0.2, 0.25) is 0 Å². The maximum absolute atomic E-state index is 10.5. The number of nitriles is 1. The van der Waals surface area contributed by atoms with E-state index in [2.05, 4.69) is 6.07 Å². The van der Waals surface area contributed by atoms with Crippen LogP contribution < -0.4 is 0 Å². The van der Waals surface area contributed by atoms with Crippen molar-refractivity contribution in [3.63, 3.8) is 0 Å². The molecule has 0 radical (unpaired) electrons. The Kier molecular flexibility index (Phi) is 2.20. The van der Waals surface area contributed by atoms with Crippen LogP contribution in [0.1, 0.15) is 22.8 Å². The van der Waals surface area contributed by atoms with Crippen LogP contribution in [0.5, 0.6) is 0 Å². The van der Waals surface area contributed by atoms with E-state index in [1.807, 2.05) is 54.6 Å². The Bertz CT molecular complexity index is 890. The van der Waals surface area contributed by atoms with Gasteiger partial charge in [-0.2, -0.15) is 5.26 Å². The van der Waals surface area contributed by atoms with Crippen LogP contribution in [0, 0.1) is 11.3 Å². The summed E-state index contributed by atoms with van der Waals surface area (Å²) in [6.07, 6.45) is -0.641. The van der Waals surface area contributed by atoms with Crippen LogP contribution in [0.3, 0.4) is 0 Å². The molecule has 1 atom stereocenters. The number of nitrogens with zero attached hydrogens (tertiary/aromatic N) is 1. The second-order valence-electron chi connectivity index (χ2n) is 5.04. The van der Waals surface area contributed by atoms with Gasteiger partial charge in [0.05, 0.1) is 5.56 Å². The van der Waals surface area contributed by atoms with Crippen LogP contribution in [-0.2, 0) is 0 Å². The molecule has 0 aliphatic heterocycles. The van der Waals surface area contributed by atoms with Crippen molar-refractivity contribution in [1.29, 1.82) is 5.26 Å². The monoisotopic (exact) mass is 257 g/mol. The number of benzene rings is 3. The minimum Gasteiger partial charge on any atom is -0.384 e. The molecule has 3 aromatic rings. The molecule has 4 rings (SSSR count). The molecule has 2 heteroatoms. The van der Waals surface area contributed by atoms with Crippen molar-refractivity contribution in [2.45, 2.75) is 6.10 Å².